The van der Waals surface area contributed by atoms with E-state index in [1.165, 1.54) is 18.2 Å². The lowest BCUT2D eigenvalue weighted by molar-refractivity contribution is -0.122. The first kappa shape index (κ1) is 18.1. The highest BCUT2D eigenvalue weighted by Gasteiger charge is 2.29. The van der Waals surface area contributed by atoms with E-state index in [0.717, 1.165) is 9.87 Å². The van der Waals surface area contributed by atoms with Gasteiger partial charge in [-0.2, -0.15) is 4.31 Å². The lowest BCUT2D eigenvalue weighted by atomic mass is 10.2. The predicted octanol–water partition coefficient (Wildman–Crippen LogP) is 1.37. The van der Waals surface area contributed by atoms with Gasteiger partial charge in [0.1, 0.15) is 0 Å². The predicted molar refractivity (Wildman–Crippen MR) is 97.3 cm³/mol. The molecule has 2 N–H and O–H groups in total. The van der Waals surface area contributed by atoms with E-state index < -0.39 is 15.9 Å². The molecule has 1 aliphatic rings. The molecule has 0 radical (unpaired) electrons. The van der Waals surface area contributed by atoms with Crippen LogP contribution in [0.2, 0.25) is 0 Å². The van der Waals surface area contributed by atoms with Crippen molar-refractivity contribution in [3.8, 4) is 0 Å². The van der Waals surface area contributed by atoms with Crippen molar-refractivity contribution in [2.45, 2.75) is 11.8 Å². The zero-order chi connectivity index (χ0) is 18.7. The van der Waals surface area contributed by atoms with Crippen LogP contribution in [-0.2, 0) is 14.8 Å². The maximum Gasteiger partial charge on any atom is 0.255 e. The van der Waals surface area contributed by atoms with E-state index in [-0.39, 0.29) is 36.0 Å². The fourth-order valence-corrected chi connectivity index (χ4v) is 4.05. The zero-order valence-corrected chi connectivity index (χ0v) is 15.0. The van der Waals surface area contributed by atoms with Crippen molar-refractivity contribution in [3.05, 3.63) is 59.7 Å². The Balaban J connectivity index is 1.82. The summed E-state index contributed by atoms with van der Waals surface area (Å²) in [6.07, 6.45) is 0. The highest BCUT2D eigenvalue weighted by molar-refractivity contribution is 7.89. The van der Waals surface area contributed by atoms with Gasteiger partial charge in [0.25, 0.3) is 5.91 Å². The molecule has 2 amide bonds. The Morgan fingerprint density at radius 1 is 1.15 bits per heavy atom. The van der Waals surface area contributed by atoms with Gasteiger partial charge in [0.05, 0.1) is 11.4 Å². The molecule has 1 heterocycles. The minimum Gasteiger partial charge on any atom is -0.354 e. The number of hydrogen-bond acceptors (Lipinski definition) is 4. The van der Waals surface area contributed by atoms with Crippen molar-refractivity contribution in [3.63, 3.8) is 0 Å². The molecule has 1 aliphatic heterocycles. The third-order valence-electron chi connectivity index (χ3n) is 4.05. The molecular weight excluding hydrogens is 354 g/mol. The summed E-state index contributed by atoms with van der Waals surface area (Å²) in [5.41, 5.74) is 1.93. The van der Waals surface area contributed by atoms with Gasteiger partial charge in [0, 0.05) is 24.3 Å². The maximum atomic E-state index is 12.7. The van der Waals surface area contributed by atoms with Gasteiger partial charge in [0.2, 0.25) is 15.9 Å². The Morgan fingerprint density at radius 2 is 1.88 bits per heavy atom. The molecule has 7 nitrogen and oxygen atoms in total. The number of anilines is 1. The summed E-state index contributed by atoms with van der Waals surface area (Å²) in [5.74, 6) is -0.740. The summed E-state index contributed by atoms with van der Waals surface area (Å²) in [5, 5.41) is 5.33. The van der Waals surface area contributed by atoms with E-state index in [0.29, 0.717) is 5.69 Å². The molecule has 0 atom stereocenters. The number of rotatable bonds is 4. The third kappa shape index (κ3) is 3.92. The number of sulfonamides is 1. The Labute approximate surface area is 152 Å². The quantitative estimate of drug-likeness (QED) is 0.846. The molecule has 26 heavy (non-hydrogen) atoms. The van der Waals surface area contributed by atoms with Crippen molar-refractivity contribution in [2.75, 3.05) is 25.0 Å². The van der Waals surface area contributed by atoms with Gasteiger partial charge in [-0.3, -0.25) is 9.59 Å². The molecule has 0 spiro atoms. The van der Waals surface area contributed by atoms with Gasteiger partial charge < -0.3 is 10.6 Å². The maximum absolute atomic E-state index is 12.7. The number of piperazine rings is 1. The summed E-state index contributed by atoms with van der Waals surface area (Å²) in [6.45, 7) is 2.20. The highest BCUT2D eigenvalue weighted by Crippen LogP contribution is 2.19. The van der Waals surface area contributed by atoms with E-state index in [2.05, 4.69) is 10.6 Å². The fourth-order valence-electron chi connectivity index (χ4n) is 2.61. The number of carbonyl (C=O) groups excluding carboxylic acids is 2. The first-order chi connectivity index (χ1) is 12.4. The summed E-state index contributed by atoms with van der Waals surface area (Å²) in [4.78, 5) is 23.9. The minimum absolute atomic E-state index is 0.0104. The van der Waals surface area contributed by atoms with Crippen LogP contribution in [0, 0.1) is 6.92 Å². The van der Waals surface area contributed by atoms with E-state index in [1.54, 1.807) is 18.2 Å². The van der Waals surface area contributed by atoms with Crippen molar-refractivity contribution < 1.29 is 18.0 Å². The lowest BCUT2D eigenvalue weighted by Crippen LogP contribution is -2.49. The lowest BCUT2D eigenvalue weighted by Gasteiger charge is -2.26. The van der Waals surface area contributed by atoms with E-state index >= 15 is 0 Å². The number of nitrogens with one attached hydrogen (secondary N) is 2. The SMILES string of the molecule is Cc1ccc(NC(=O)c2cccc(S(=O)(=O)N3CCNC(=O)C3)c2)cc1. The van der Waals surface area contributed by atoms with E-state index in [9.17, 15) is 18.0 Å². The fraction of sp³-hybridized carbons (Fsp3) is 0.222. The minimum atomic E-state index is -3.84. The molecule has 0 saturated carbocycles. The van der Waals surface area contributed by atoms with Crippen LogP contribution in [0.1, 0.15) is 15.9 Å². The van der Waals surface area contributed by atoms with Crippen molar-refractivity contribution in [1.29, 1.82) is 0 Å². The van der Waals surface area contributed by atoms with Crippen LogP contribution in [0.5, 0.6) is 0 Å². The van der Waals surface area contributed by atoms with Crippen LogP contribution in [0.25, 0.3) is 0 Å². The van der Waals surface area contributed by atoms with Crippen LogP contribution in [0.4, 0.5) is 5.69 Å². The Kier molecular flexibility index (Phi) is 5.06. The Bertz CT molecular complexity index is 939. The highest BCUT2D eigenvalue weighted by atomic mass is 32.2. The molecule has 1 saturated heterocycles. The zero-order valence-electron chi connectivity index (χ0n) is 14.2. The third-order valence-corrected chi connectivity index (χ3v) is 5.89. The van der Waals surface area contributed by atoms with Crippen LogP contribution in [0.3, 0.4) is 0 Å². The summed E-state index contributed by atoms with van der Waals surface area (Å²) in [7, 11) is -3.84. The summed E-state index contributed by atoms with van der Waals surface area (Å²) in [6, 6.07) is 13.1. The summed E-state index contributed by atoms with van der Waals surface area (Å²) < 4.78 is 26.5. The second-order valence-corrected chi connectivity index (χ2v) is 7.97. The second-order valence-electron chi connectivity index (χ2n) is 6.04. The molecule has 1 fully saturated rings. The van der Waals surface area contributed by atoms with Crippen molar-refractivity contribution in [1.82, 2.24) is 9.62 Å². The van der Waals surface area contributed by atoms with Crippen LogP contribution in [0.15, 0.2) is 53.4 Å². The van der Waals surface area contributed by atoms with E-state index in [4.69, 9.17) is 0 Å². The van der Waals surface area contributed by atoms with Gasteiger partial charge in [-0.1, -0.05) is 23.8 Å². The number of benzene rings is 2. The average molecular weight is 373 g/mol. The molecule has 2 aromatic carbocycles. The first-order valence-electron chi connectivity index (χ1n) is 8.11. The molecule has 2 aromatic rings. The Morgan fingerprint density at radius 3 is 2.58 bits per heavy atom. The number of amides is 2. The Hall–Kier alpha value is -2.71. The van der Waals surface area contributed by atoms with Gasteiger partial charge in [-0.15, -0.1) is 0 Å². The standard InChI is InChI=1S/C18H19N3O4S/c1-13-5-7-15(8-6-13)20-18(23)14-3-2-4-16(11-14)26(24,25)21-10-9-19-17(22)12-21/h2-8,11H,9-10,12H2,1H3,(H,19,22)(H,20,23). The molecule has 0 bridgehead atoms. The van der Waals surface area contributed by atoms with Gasteiger partial charge in [-0.05, 0) is 37.3 Å². The largest absolute Gasteiger partial charge is 0.354 e. The van der Waals surface area contributed by atoms with Crippen molar-refractivity contribution in [2.24, 2.45) is 0 Å². The molecular formula is C18H19N3O4S. The normalized spacial score (nSPS) is 15.3. The average Bonchev–Trinajstić information content (AvgIpc) is 2.63. The van der Waals surface area contributed by atoms with Crippen LogP contribution in [-0.4, -0.2) is 44.2 Å². The molecule has 0 aromatic heterocycles. The molecule has 3 rings (SSSR count). The van der Waals surface area contributed by atoms with E-state index in [1.807, 2.05) is 19.1 Å². The van der Waals surface area contributed by atoms with Crippen LogP contribution < -0.4 is 10.6 Å². The first-order valence-corrected chi connectivity index (χ1v) is 9.55. The monoisotopic (exact) mass is 373 g/mol. The topological polar surface area (TPSA) is 95.6 Å². The van der Waals surface area contributed by atoms with Gasteiger partial charge in [-0.25, -0.2) is 8.42 Å². The molecule has 8 heteroatoms. The molecule has 136 valence electrons. The number of carbonyl (C=O) groups is 2. The smallest absolute Gasteiger partial charge is 0.255 e. The van der Waals surface area contributed by atoms with Gasteiger partial charge in [0.15, 0.2) is 0 Å². The van der Waals surface area contributed by atoms with Crippen LogP contribution >= 0.6 is 0 Å². The number of aryl methyl sites for hydroxylation is 1. The summed E-state index contributed by atoms with van der Waals surface area (Å²) >= 11 is 0. The number of nitrogens with zero attached hydrogens (tertiary/aromatic N) is 1. The second kappa shape index (κ2) is 7.27. The van der Waals surface area contributed by atoms with Crippen molar-refractivity contribution >= 4 is 27.5 Å². The molecule has 0 aliphatic carbocycles. The molecule has 0 unspecified atom stereocenters. The number of hydrogen-bond donors (Lipinski definition) is 2. The van der Waals surface area contributed by atoms with Gasteiger partial charge >= 0.3 is 0 Å².